The summed E-state index contributed by atoms with van der Waals surface area (Å²) in [6, 6.07) is 8.84. The maximum atomic E-state index is 11.8. The molecule has 0 bridgehead atoms. The van der Waals surface area contributed by atoms with Gasteiger partial charge in [-0.15, -0.1) is 10.2 Å². The van der Waals surface area contributed by atoms with Crippen molar-refractivity contribution >= 4 is 29.0 Å². The molecular weight excluding hydrogens is 304 g/mol. The zero-order valence-corrected chi connectivity index (χ0v) is 12.7. The lowest BCUT2D eigenvalue weighted by molar-refractivity contribution is 0.0945. The SMILES string of the molecule is COc1ccc(Cl)cc1Nc1ccc(C(=O)NC2CC2)nn1. The second-order valence-corrected chi connectivity index (χ2v) is 5.46. The summed E-state index contributed by atoms with van der Waals surface area (Å²) in [5.41, 5.74) is 0.981. The number of methoxy groups -OCH3 is 1. The van der Waals surface area contributed by atoms with E-state index in [-0.39, 0.29) is 5.91 Å². The van der Waals surface area contributed by atoms with Crippen molar-refractivity contribution in [3.8, 4) is 5.75 Å². The van der Waals surface area contributed by atoms with E-state index >= 15 is 0 Å². The van der Waals surface area contributed by atoms with Gasteiger partial charge in [-0.3, -0.25) is 4.79 Å². The largest absolute Gasteiger partial charge is 0.495 e. The first-order valence-corrected chi connectivity index (χ1v) is 7.28. The molecule has 1 amide bonds. The van der Waals surface area contributed by atoms with Gasteiger partial charge in [0.05, 0.1) is 12.8 Å². The molecule has 1 aromatic carbocycles. The highest BCUT2D eigenvalue weighted by Gasteiger charge is 2.24. The van der Waals surface area contributed by atoms with Crippen LogP contribution in [0.1, 0.15) is 23.3 Å². The van der Waals surface area contributed by atoms with Crippen LogP contribution >= 0.6 is 11.6 Å². The molecule has 2 N–H and O–H groups in total. The molecule has 0 unspecified atom stereocenters. The van der Waals surface area contributed by atoms with Gasteiger partial charge in [-0.2, -0.15) is 0 Å². The molecular formula is C15H15ClN4O2. The van der Waals surface area contributed by atoms with Crippen LogP contribution in [0.2, 0.25) is 5.02 Å². The molecule has 3 rings (SSSR count). The fourth-order valence-corrected chi connectivity index (χ4v) is 2.10. The summed E-state index contributed by atoms with van der Waals surface area (Å²) in [6.07, 6.45) is 2.07. The third-order valence-electron chi connectivity index (χ3n) is 3.23. The predicted octanol–water partition coefficient (Wildman–Crippen LogP) is 2.77. The monoisotopic (exact) mass is 318 g/mol. The first-order chi connectivity index (χ1) is 10.7. The lowest BCUT2D eigenvalue weighted by Crippen LogP contribution is -2.26. The number of anilines is 2. The summed E-state index contributed by atoms with van der Waals surface area (Å²) >= 11 is 5.98. The third-order valence-corrected chi connectivity index (χ3v) is 3.47. The Balaban J connectivity index is 1.73. The molecule has 1 aromatic heterocycles. The van der Waals surface area contributed by atoms with Crippen LogP contribution in [0.25, 0.3) is 0 Å². The Morgan fingerprint density at radius 2 is 2.09 bits per heavy atom. The number of carbonyl (C=O) groups is 1. The average Bonchev–Trinajstić information content (AvgIpc) is 3.32. The van der Waals surface area contributed by atoms with Gasteiger partial charge in [0.15, 0.2) is 11.5 Å². The fourth-order valence-electron chi connectivity index (χ4n) is 1.92. The topological polar surface area (TPSA) is 76.1 Å². The number of amides is 1. The molecule has 0 saturated heterocycles. The van der Waals surface area contributed by atoms with Crippen LogP contribution in [-0.4, -0.2) is 29.3 Å². The second kappa shape index (κ2) is 6.19. The lowest BCUT2D eigenvalue weighted by atomic mass is 10.3. The number of ether oxygens (including phenoxy) is 1. The standard InChI is InChI=1S/C15H15ClN4O2/c1-22-13-6-2-9(16)8-12(13)18-14-7-5-11(19-20-14)15(21)17-10-3-4-10/h2,5-8,10H,3-4H2,1H3,(H,17,21)(H,18,20). The van der Waals surface area contributed by atoms with Crippen molar-refractivity contribution < 1.29 is 9.53 Å². The van der Waals surface area contributed by atoms with Crippen molar-refractivity contribution in [3.05, 3.63) is 41.0 Å². The van der Waals surface area contributed by atoms with E-state index in [0.29, 0.717) is 34.0 Å². The van der Waals surface area contributed by atoms with E-state index in [4.69, 9.17) is 16.3 Å². The van der Waals surface area contributed by atoms with E-state index in [2.05, 4.69) is 20.8 Å². The van der Waals surface area contributed by atoms with E-state index in [9.17, 15) is 4.79 Å². The van der Waals surface area contributed by atoms with Crippen LogP contribution in [0.15, 0.2) is 30.3 Å². The van der Waals surface area contributed by atoms with Crippen molar-refractivity contribution in [3.63, 3.8) is 0 Å². The van der Waals surface area contributed by atoms with Gasteiger partial charge in [0, 0.05) is 11.1 Å². The maximum absolute atomic E-state index is 11.8. The molecule has 22 heavy (non-hydrogen) atoms. The minimum atomic E-state index is -0.193. The van der Waals surface area contributed by atoms with Crippen molar-refractivity contribution in [1.82, 2.24) is 15.5 Å². The molecule has 0 atom stereocenters. The van der Waals surface area contributed by atoms with Crippen LogP contribution in [0.4, 0.5) is 11.5 Å². The van der Waals surface area contributed by atoms with Crippen LogP contribution < -0.4 is 15.4 Å². The Hall–Kier alpha value is -2.34. The molecule has 1 fully saturated rings. The Morgan fingerprint density at radius 1 is 1.27 bits per heavy atom. The van der Waals surface area contributed by atoms with E-state index in [1.807, 2.05) is 0 Å². The Kier molecular flexibility index (Phi) is 4.11. The van der Waals surface area contributed by atoms with Crippen molar-refractivity contribution in [2.75, 3.05) is 12.4 Å². The van der Waals surface area contributed by atoms with Crippen molar-refractivity contribution in [1.29, 1.82) is 0 Å². The summed E-state index contributed by atoms with van der Waals surface area (Å²) in [5, 5.41) is 14.5. The van der Waals surface area contributed by atoms with Crippen LogP contribution in [0, 0.1) is 0 Å². The zero-order valence-electron chi connectivity index (χ0n) is 12.0. The number of halogens is 1. The van der Waals surface area contributed by atoms with Gasteiger partial charge in [-0.1, -0.05) is 11.6 Å². The minimum absolute atomic E-state index is 0.193. The van der Waals surface area contributed by atoms with Gasteiger partial charge in [-0.05, 0) is 43.2 Å². The number of carbonyl (C=O) groups excluding carboxylic acids is 1. The highest BCUT2D eigenvalue weighted by atomic mass is 35.5. The van der Waals surface area contributed by atoms with Gasteiger partial charge in [0.1, 0.15) is 5.75 Å². The molecule has 1 heterocycles. The number of hydrogen-bond acceptors (Lipinski definition) is 5. The Morgan fingerprint density at radius 3 is 2.73 bits per heavy atom. The molecule has 114 valence electrons. The number of nitrogens with one attached hydrogen (secondary N) is 2. The molecule has 0 radical (unpaired) electrons. The van der Waals surface area contributed by atoms with Gasteiger partial charge in [-0.25, -0.2) is 0 Å². The van der Waals surface area contributed by atoms with Crippen LogP contribution in [-0.2, 0) is 0 Å². The first-order valence-electron chi connectivity index (χ1n) is 6.91. The number of aromatic nitrogens is 2. The summed E-state index contributed by atoms with van der Waals surface area (Å²) < 4.78 is 5.25. The molecule has 1 aliphatic rings. The highest BCUT2D eigenvalue weighted by Crippen LogP contribution is 2.29. The number of benzene rings is 1. The fraction of sp³-hybridized carbons (Fsp3) is 0.267. The zero-order chi connectivity index (χ0) is 15.5. The maximum Gasteiger partial charge on any atom is 0.272 e. The summed E-state index contributed by atoms with van der Waals surface area (Å²) in [6.45, 7) is 0. The smallest absolute Gasteiger partial charge is 0.272 e. The Labute approximate surface area is 132 Å². The summed E-state index contributed by atoms with van der Waals surface area (Å²) in [4.78, 5) is 11.8. The number of rotatable bonds is 5. The van der Waals surface area contributed by atoms with E-state index < -0.39 is 0 Å². The van der Waals surface area contributed by atoms with Crippen LogP contribution in [0.5, 0.6) is 5.75 Å². The number of hydrogen-bond donors (Lipinski definition) is 2. The first kappa shape index (κ1) is 14.6. The van der Waals surface area contributed by atoms with Gasteiger partial charge in [0.2, 0.25) is 0 Å². The minimum Gasteiger partial charge on any atom is -0.495 e. The average molecular weight is 319 g/mol. The third kappa shape index (κ3) is 3.46. The molecule has 6 nitrogen and oxygen atoms in total. The Bertz CT molecular complexity index is 686. The highest BCUT2D eigenvalue weighted by molar-refractivity contribution is 6.31. The van der Waals surface area contributed by atoms with Crippen molar-refractivity contribution in [2.24, 2.45) is 0 Å². The molecule has 2 aromatic rings. The van der Waals surface area contributed by atoms with E-state index in [1.165, 1.54) is 0 Å². The summed E-state index contributed by atoms with van der Waals surface area (Å²) in [7, 11) is 1.57. The molecule has 0 aliphatic heterocycles. The quantitative estimate of drug-likeness (QED) is 0.886. The summed E-state index contributed by atoms with van der Waals surface area (Å²) in [5.74, 6) is 0.951. The van der Waals surface area contributed by atoms with E-state index in [1.54, 1.807) is 37.4 Å². The molecule has 7 heteroatoms. The number of nitrogens with zero attached hydrogens (tertiary/aromatic N) is 2. The lowest BCUT2D eigenvalue weighted by Gasteiger charge is -2.10. The second-order valence-electron chi connectivity index (χ2n) is 5.02. The van der Waals surface area contributed by atoms with Crippen LogP contribution in [0.3, 0.4) is 0 Å². The normalized spacial score (nSPS) is 13.5. The molecule has 1 aliphatic carbocycles. The molecule has 1 saturated carbocycles. The van der Waals surface area contributed by atoms with Gasteiger partial charge in [0.25, 0.3) is 5.91 Å². The van der Waals surface area contributed by atoms with Crippen molar-refractivity contribution in [2.45, 2.75) is 18.9 Å². The van der Waals surface area contributed by atoms with Gasteiger partial charge < -0.3 is 15.4 Å². The predicted molar refractivity (Wildman–Crippen MR) is 83.8 cm³/mol. The van der Waals surface area contributed by atoms with E-state index in [0.717, 1.165) is 12.8 Å². The van der Waals surface area contributed by atoms with Gasteiger partial charge >= 0.3 is 0 Å². The molecule has 0 spiro atoms.